The molecule has 162 valence electrons. The summed E-state index contributed by atoms with van der Waals surface area (Å²) < 4.78 is 40.8. The number of para-hydroxylation sites is 1. The summed E-state index contributed by atoms with van der Waals surface area (Å²) in [6.45, 7) is 0. The molecule has 0 atom stereocenters. The van der Waals surface area contributed by atoms with Crippen molar-refractivity contribution in [2.75, 3.05) is 17.1 Å². The number of imide groups is 1. The summed E-state index contributed by atoms with van der Waals surface area (Å²) in [5.74, 6) is -2.30. The average molecular weight is 453 g/mol. The van der Waals surface area contributed by atoms with Crippen LogP contribution in [-0.4, -0.2) is 38.1 Å². The van der Waals surface area contributed by atoms with Gasteiger partial charge < -0.3 is 5.32 Å². The molecule has 4 rings (SSSR count). The lowest BCUT2D eigenvalue weighted by Gasteiger charge is -2.14. The van der Waals surface area contributed by atoms with Gasteiger partial charge in [0.2, 0.25) is 0 Å². The fourth-order valence-corrected chi connectivity index (χ4v) is 4.36. The molecule has 0 aromatic heterocycles. The third-order valence-corrected chi connectivity index (χ3v) is 6.29. The van der Waals surface area contributed by atoms with Crippen molar-refractivity contribution in [2.45, 2.75) is 4.90 Å². The number of hydrogen-bond donors (Lipinski definition) is 2. The number of amides is 3. The largest absolute Gasteiger partial charge is 0.321 e. The second kappa shape index (κ2) is 7.89. The van der Waals surface area contributed by atoms with Crippen LogP contribution in [-0.2, 0) is 10.0 Å². The van der Waals surface area contributed by atoms with Crippen LogP contribution in [0.25, 0.3) is 0 Å². The van der Waals surface area contributed by atoms with E-state index in [1.54, 1.807) is 6.07 Å². The van der Waals surface area contributed by atoms with Crippen LogP contribution in [0.3, 0.4) is 0 Å². The molecule has 2 N–H and O–H groups in total. The van der Waals surface area contributed by atoms with E-state index in [1.807, 2.05) is 0 Å². The predicted molar refractivity (Wildman–Crippen MR) is 114 cm³/mol. The third-order valence-electron chi connectivity index (χ3n) is 4.91. The van der Waals surface area contributed by atoms with Crippen molar-refractivity contribution in [3.63, 3.8) is 0 Å². The van der Waals surface area contributed by atoms with Crippen LogP contribution in [0.1, 0.15) is 31.1 Å². The zero-order valence-corrected chi connectivity index (χ0v) is 17.4. The molecule has 0 saturated heterocycles. The van der Waals surface area contributed by atoms with E-state index in [-0.39, 0.29) is 33.0 Å². The standard InChI is InChI=1S/C22H16FN3O5S/c1-26-21(28)16-6-4-8-18(19(16)22(26)29)24-20(27)15-5-2-3-7-17(15)25-32(30,31)14-11-9-13(23)10-12-14/h2-12,25H,1H3,(H,24,27). The Balaban J connectivity index is 1.65. The zero-order chi connectivity index (χ0) is 23.0. The van der Waals surface area contributed by atoms with E-state index in [0.29, 0.717) is 0 Å². The molecule has 1 aliphatic rings. The molecule has 3 aromatic carbocycles. The number of carbonyl (C=O) groups excluding carboxylic acids is 3. The van der Waals surface area contributed by atoms with Gasteiger partial charge in [0.15, 0.2) is 0 Å². The van der Waals surface area contributed by atoms with Gasteiger partial charge in [-0.1, -0.05) is 18.2 Å². The third kappa shape index (κ3) is 3.71. The molecular formula is C22H16FN3O5S. The second-order valence-corrected chi connectivity index (χ2v) is 8.64. The van der Waals surface area contributed by atoms with Gasteiger partial charge in [-0.05, 0) is 48.5 Å². The number of benzene rings is 3. The fraction of sp³-hybridized carbons (Fsp3) is 0.0455. The SMILES string of the molecule is CN1C(=O)c2cccc(NC(=O)c3ccccc3NS(=O)(=O)c3ccc(F)cc3)c2C1=O. The number of fused-ring (bicyclic) bond motifs is 1. The van der Waals surface area contributed by atoms with Crippen LogP contribution in [0.4, 0.5) is 15.8 Å². The Bertz CT molecular complexity index is 1370. The number of sulfonamides is 1. The molecule has 0 unspecified atom stereocenters. The van der Waals surface area contributed by atoms with E-state index < -0.39 is 33.6 Å². The lowest BCUT2D eigenvalue weighted by atomic mass is 10.1. The molecule has 0 aliphatic carbocycles. The first kappa shape index (κ1) is 21.2. The van der Waals surface area contributed by atoms with Crippen molar-refractivity contribution in [3.05, 3.63) is 89.2 Å². The van der Waals surface area contributed by atoms with Gasteiger partial charge in [-0.3, -0.25) is 24.0 Å². The fourth-order valence-electron chi connectivity index (χ4n) is 3.28. The second-order valence-electron chi connectivity index (χ2n) is 6.96. The summed E-state index contributed by atoms with van der Waals surface area (Å²) >= 11 is 0. The Labute approximate surface area is 182 Å². The average Bonchev–Trinajstić information content (AvgIpc) is 2.99. The summed E-state index contributed by atoms with van der Waals surface area (Å²) in [4.78, 5) is 38.3. The van der Waals surface area contributed by atoms with E-state index in [9.17, 15) is 27.2 Å². The van der Waals surface area contributed by atoms with Crippen LogP contribution in [0.15, 0.2) is 71.6 Å². The van der Waals surface area contributed by atoms with Crippen molar-refractivity contribution >= 4 is 39.1 Å². The van der Waals surface area contributed by atoms with Gasteiger partial charge >= 0.3 is 0 Å². The van der Waals surface area contributed by atoms with Crippen molar-refractivity contribution in [1.82, 2.24) is 4.90 Å². The van der Waals surface area contributed by atoms with Crippen molar-refractivity contribution < 1.29 is 27.2 Å². The van der Waals surface area contributed by atoms with Gasteiger partial charge in [0.25, 0.3) is 27.7 Å². The first-order valence-corrected chi connectivity index (χ1v) is 10.8. The van der Waals surface area contributed by atoms with Gasteiger partial charge in [-0.25, -0.2) is 12.8 Å². The summed E-state index contributed by atoms with van der Waals surface area (Å²) in [5, 5.41) is 2.58. The van der Waals surface area contributed by atoms with Crippen LogP contribution in [0.5, 0.6) is 0 Å². The minimum Gasteiger partial charge on any atom is -0.321 e. The molecular weight excluding hydrogens is 437 g/mol. The van der Waals surface area contributed by atoms with Gasteiger partial charge in [-0.15, -0.1) is 0 Å². The molecule has 3 amide bonds. The summed E-state index contributed by atoms with van der Waals surface area (Å²) in [6.07, 6.45) is 0. The Kier molecular flexibility index (Phi) is 5.23. The van der Waals surface area contributed by atoms with Crippen LogP contribution in [0.2, 0.25) is 0 Å². The minimum atomic E-state index is -4.09. The first-order valence-electron chi connectivity index (χ1n) is 9.33. The molecule has 0 fully saturated rings. The van der Waals surface area contributed by atoms with E-state index in [1.165, 1.54) is 43.4 Å². The summed E-state index contributed by atoms with van der Waals surface area (Å²) in [7, 11) is -2.75. The number of rotatable bonds is 5. The molecule has 32 heavy (non-hydrogen) atoms. The Morgan fingerprint density at radius 1 is 0.875 bits per heavy atom. The van der Waals surface area contributed by atoms with Gasteiger partial charge in [-0.2, -0.15) is 0 Å². The lowest BCUT2D eigenvalue weighted by molar-refractivity contribution is 0.0693. The van der Waals surface area contributed by atoms with Crippen molar-refractivity contribution in [1.29, 1.82) is 0 Å². The summed E-state index contributed by atoms with van der Waals surface area (Å²) in [6, 6.07) is 14.6. The quantitative estimate of drug-likeness (QED) is 0.577. The van der Waals surface area contributed by atoms with Crippen LogP contribution >= 0.6 is 0 Å². The normalized spacial score (nSPS) is 13.1. The number of anilines is 2. The Hall–Kier alpha value is -4.05. The summed E-state index contributed by atoms with van der Waals surface area (Å²) in [5.41, 5.74) is 0.340. The molecule has 0 spiro atoms. The first-order chi connectivity index (χ1) is 15.2. The Morgan fingerprint density at radius 2 is 1.53 bits per heavy atom. The topological polar surface area (TPSA) is 113 Å². The number of nitrogens with one attached hydrogen (secondary N) is 2. The molecule has 0 saturated carbocycles. The maximum atomic E-state index is 13.1. The van der Waals surface area contributed by atoms with E-state index in [0.717, 1.165) is 29.2 Å². The van der Waals surface area contributed by atoms with Crippen LogP contribution < -0.4 is 10.0 Å². The zero-order valence-electron chi connectivity index (χ0n) is 16.6. The minimum absolute atomic E-state index is 0.0126. The molecule has 3 aromatic rings. The predicted octanol–water partition coefficient (Wildman–Crippen LogP) is 3.10. The van der Waals surface area contributed by atoms with Crippen molar-refractivity contribution in [2.24, 2.45) is 0 Å². The maximum Gasteiger partial charge on any atom is 0.263 e. The van der Waals surface area contributed by atoms with Gasteiger partial charge in [0, 0.05) is 7.05 Å². The highest BCUT2D eigenvalue weighted by atomic mass is 32.2. The highest BCUT2D eigenvalue weighted by molar-refractivity contribution is 7.92. The van der Waals surface area contributed by atoms with E-state index in [4.69, 9.17) is 0 Å². The van der Waals surface area contributed by atoms with Gasteiger partial charge in [0.05, 0.1) is 33.0 Å². The smallest absolute Gasteiger partial charge is 0.263 e. The molecule has 1 aliphatic heterocycles. The number of halogens is 1. The van der Waals surface area contributed by atoms with Gasteiger partial charge in [0.1, 0.15) is 5.82 Å². The number of hydrogen-bond acceptors (Lipinski definition) is 5. The van der Waals surface area contributed by atoms with E-state index >= 15 is 0 Å². The number of carbonyl (C=O) groups is 3. The molecule has 0 bridgehead atoms. The Morgan fingerprint density at radius 3 is 2.25 bits per heavy atom. The number of nitrogens with zero attached hydrogens (tertiary/aromatic N) is 1. The molecule has 1 heterocycles. The molecule has 0 radical (unpaired) electrons. The monoisotopic (exact) mass is 453 g/mol. The van der Waals surface area contributed by atoms with E-state index in [2.05, 4.69) is 10.0 Å². The van der Waals surface area contributed by atoms with Crippen molar-refractivity contribution in [3.8, 4) is 0 Å². The molecule has 10 heteroatoms. The molecule has 8 nitrogen and oxygen atoms in total. The lowest BCUT2D eigenvalue weighted by Crippen LogP contribution is -2.24. The maximum absolute atomic E-state index is 13.1. The van der Waals surface area contributed by atoms with Crippen LogP contribution in [0, 0.1) is 5.82 Å². The highest BCUT2D eigenvalue weighted by Crippen LogP contribution is 2.29. The highest BCUT2D eigenvalue weighted by Gasteiger charge is 2.35.